The van der Waals surface area contributed by atoms with Crippen molar-refractivity contribution < 1.29 is 18.6 Å². The maximum atomic E-state index is 14.2. The SMILES string of the molecule is CC1COCCOCC(F)n2cc(cn2)-c2n[nH]c3ccc(cc23)O1. The van der Waals surface area contributed by atoms with Crippen molar-refractivity contribution in [3.63, 3.8) is 0 Å². The standard InChI is InChI=1S/C17H19FN4O3/c1-11-9-23-4-5-24-10-16(18)22-8-12(7-19-22)17-14-6-13(25-11)2-3-15(14)20-21-17/h2-3,6-8,11,16H,4-5,9-10H2,1H3,(H,20,21). The Morgan fingerprint density at radius 3 is 2.96 bits per heavy atom. The molecular formula is C17H19FN4O3. The minimum Gasteiger partial charge on any atom is -0.488 e. The van der Waals surface area contributed by atoms with Crippen LogP contribution in [0.3, 0.4) is 0 Å². The fraction of sp³-hybridized carbons (Fsp3) is 0.412. The van der Waals surface area contributed by atoms with Crippen molar-refractivity contribution in [2.75, 3.05) is 26.4 Å². The lowest BCUT2D eigenvalue weighted by Crippen LogP contribution is -2.21. The van der Waals surface area contributed by atoms with Crippen LogP contribution in [-0.4, -0.2) is 52.5 Å². The molecule has 4 bridgehead atoms. The Bertz CT molecular complexity index is 863. The van der Waals surface area contributed by atoms with Crippen molar-refractivity contribution in [2.45, 2.75) is 19.3 Å². The largest absolute Gasteiger partial charge is 0.488 e. The van der Waals surface area contributed by atoms with Gasteiger partial charge in [-0.25, -0.2) is 9.07 Å². The first-order chi connectivity index (χ1) is 12.2. The molecule has 0 aliphatic carbocycles. The first-order valence-corrected chi connectivity index (χ1v) is 8.19. The minimum absolute atomic E-state index is 0.0814. The van der Waals surface area contributed by atoms with Crippen LogP contribution in [0.4, 0.5) is 4.39 Å². The topological polar surface area (TPSA) is 74.2 Å². The third kappa shape index (κ3) is 3.35. The first kappa shape index (κ1) is 16.0. The molecule has 25 heavy (non-hydrogen) atoms. The number of rotatable bonds is 0. The molecule has 0 fully saturated rings. The second kappa shape index (κ2) is 6.81. The van der Waals surface area contributed by atoms with Gasteiger partial charge in [0.1, 0.15) is 17.5 Å². The Hall–Kier alpha value is -2.45. The summed E-state index contributed by atoms with van der Waals surface area (Å²) < 4.78 is 32.2. The quantitative estimate of drug-likeness (QED) is 0.677. The van der Waals surface area contributed by atoms with Gasteiger partial charge >= 0.3 is 0 Å². The average molecular weight is 346 g/mol. The molecule has 3 aromatic rings. The molecule has 1 aliphatic rings. The molecule has 2 atom stereocenters. The van der Waals surface area contributed by atoms with E-state index in [-0.39, 0.29) is 12.7 Å². The molecule has 1 aliphatic heterocycles. The highest BCUT2D eigenvalue weighted by atomic mass is 19.1. The molecule has 0 radical (unpaired) electrons. The van der Waals surface area contributed by atoms with Gasteiger partial charge in [0, 0.05) is 17.1 Å². The number of benzene rings is 1. The molecule has 2 unspecified atom stereocenters. The molecular weight excluding hydrogens is 327 g/mol. The van der Waals surface area contributed by atoms with Crippen molar-refractivity contribution in [2.24, 2.45) is 0 Å². The van der Waals surface area contributed by atoms with Crippen molar-refractivity contribution in [1.82, 2.24) is 20.0 Å². The summed E-state index contributed by atoms with van der Waals surface area (Å²) in [6.07, 6.45) is 1.75. The number of nitrogens with one attached hydrogen (secondary N) is 1. The number of halogens is 1. The van der Waals surface area contributed by atoms with Crippen LogP contribution in [0.1, 0.15) is 13.2 Å². The van der Waals surface area contributed by atoms with E-state index in [1.54, 1.807) is 12.4 Å². The normalized spacial score (nSPS) is 22.2. The summed E-state index contributed by atoms with van der Waals surface area (Å²) in [6.45, 7) is 2.99. The van der Waals surface area contributed by atoms with Crippen LogP contribution in [-0.2, 0) is 9.47 Å². The molecule has 1 aromatic carbocycles. The second-order valence-electron chi connectivity index (χ2n) is 6.00. The minimum atomic E-state index is -1.36. The molecule has 7 nitrogen and oxygen atoms in total. The van der Waals surface area contributed by atoms with E-state index in [1.165, 1.54) is 4.68 Å². The smallest absolute Gasteiger partial charge is 0.214 e. The maximum Gasteiger partial charge on any atom is 0.214 e. The zero-order valence-electron chi connectivity index (χ0n) is 13.8. The summed E-state index contributed by atoms with van der Waals surface area (Å²) in [6, 6.07) is 5.71. The second-order valence-corrected chi connectivity index (χ2v) is 6.00. The first-order valence-electron chi connectivity index (χ1n) is 8.19. The van der Waals surface area contributed by atoms with Gasteiger partial charge in [0.15, 0.2) is 0 Å². The summed E-state index contributed by atoms with van der Waals surface area (Å²) >= 11 is 0. The maximum absolute atomic E-state index is 14.2. The van der Waals surface area contributed by atoms with Gasteiger partial charge < -0.3 is 14.2 Å². The van der Waals surface area contributed by atoms with Gasteiger partial charge in [-0.1, -0.05) is 0 Å². The third-order valence-corrected chi connectivity index (χ3v) is 4.01. The van der Waals surface area contributed by atoms with Crippen LogP contribution in [0.2, 0.25) is 0 Å². The number of hydrogen-bond donors (Lipinski definition) is 1. The fourth-order valence-electron chi connectivity index (χ4n) is 2.79. The lowest BCUT2D eigenvalue weighted by atomic mass is 10.1. The third-order valence-electron chi connectivity index (χ3n) is 4.01. The van der Waals surface area contributed by atoms with Gasteiger partial charge in [0.2, 0.25) is 6.30 Å². The number of aromatic nitrogens is 4. The van der Waals surface area contributed by atoms with Gasteiger partial charge in [-0.15, -0.1) is 0 Å². The zero-order valence-corrected chi connectivity index (χ0v) is 13.8. The Morgan fingerprint density at radius 1 is 1.24 bits per heavy atom. The molecule has 0 saturated carbocycles. The predicted molar refractivity (Wildman–Crippen MR) is 89.2 cm³/mol. The zero-order chi connectivity index (χ0) is 17.2. The van der Waals surface area contributed by atoms with Crippen molar-refractivity contribution in [3.05, 3.63) is 30.6 Å². The van der Waals surface area contributed by atoms with E-state index in [1.807, 2.05) is 25.1 Å². The van der Waals surface area contributed by atoms with Crippen LogP contribution in [0.5, 0.6) is 5.75 Å². The molecule has 0 amide bonds. The molecule has 8 heteroatoms. The summed E-state index contributed by atoms with van der Waals surface area (Å²) in [4.78, 5) is 0. The number of aromatic amines is 1. The van der Waals surface area contributed by atoms with Crippen LogP contribution < -0.4 is 4.74 Å². The van der Waals surface area contributed by atoms with E-state index < -0.39 is 6.30 Å². The fourth-order valence-corrected chi connectivity index (χ4v) is 2.79. The lowest BCUT2D eigenvalue weighted by molar-refractivity contribution is -0.00845. The molecule has 0 spiro atoms. The Morgan fingerprint density at radius 2 is 2.08 bits per heavy atom. The van der Waals surface area contributed by atoms with Gasteiger partial charge in [-0.05, 0) is 25.1 Å². The van der Waals surface area contributed by atoms with Crippen molar-refractivity contribution >= 4 is 10.9 Å². The number of fused-ring (bicyclic) bond motifs is 4. The van der Waals surface area contributed by atoms with E-state index >= 15 is 0 Å². The Labute approximate surface area is 143 Å². The number of H-pyrrole nitrogens is 1. The molecule has 4 rings (SSSR count). The van der Waals surface area contributed by atoms with Crippen molar-refractivity contribution in [1.29, 1.82) is 0 Å². The predicted octanol–water partition coefficient (Wildman–Crippen LogP) is 2.71. The van der Waals surface area contributed by atoms with Crippen LogP contribution >= 0.6 is 0 Å². The van der Waals surface area contributed by atoms with Crippen LogP contribution in [0.15, 0.2) is 30.6 Å². The number of hydrogen-bond acceptors (Lipinski definition) is 5. The van der Waals surface area contributed by atoms with E-state index in [0.717, 1.165) is 22.2 Å². The Balaban J connectivity index is 1.73. The van der Waals surface area contributed by atoms with Gasteiger partial charge in [-0.2, -0.15) is 10.2 Å². The number of nitrogens with zero attached hydrogens (tertiary/aromatic N) is 3. The van der Waals surface area contributed by atoms with E-state index in [9.17, 15) is 4.39 Å². The highest BCUT2D eigenvalue weighted by Gasteiger charge is 2.16. The molecule has 132 valence electrons. The van der Waals surface area contributed by atoms with Gasteiger partial charge in [-0.3, -0.25) is 5.10 Å². The lowest BCUT2D eigenvalue weighted by Gasteiger charge is -2.15. The molecule has 0 saturated heterocycles. The number of ether oxygens (including phenoxy) is 3. The summed E-state index contributed by atoms with van der Waals surface area (Å²) in [5, 5.41) is 12.3. The Kier molecular flexibility index (Phi) is 4.37. The van der Waals surface area contributed by atoms with E-state index in [2.05, 4.69) is 15.3 Å². The van der Waals surface area contributed by atoms with E-state index in [4.69, 9.17) is 14.2 Å². The summed E-state index contributed by atoms with van der Waals surface area (Å²) in [5.41, 5.74) is 2.31. The van der Waals surface area contributed by atoms with Crippen LogP contribution in [0.25, 0.3) is 22.2 Å². The average Bonchev–Trinajstić information content (AvgIpc) is 3.23. The summed E-state index contributed by atoms with van der Waals surface area (Å²) in [5.74, 6) is 0.727. The molecule has 3 heterocycles. The number of alkyl halides is 1. The van der Waals surface area contributed by atoms with Crippen LogP contribution in [0, 0.1) is 0 Å². The van der Waals surface area contributed by atoms with Gasteiger partial charge in [0.25, 0.3) is 0 Å². The van der Waals surface area contributed by atoms with Gasteiger partial charge in [0.05, 0.1) is 38.1 Å². The monoisotopic (exact) mass is 346 g/mol. The van der Waals surface area contributed by atoms with E-state index in [0.29, 0.717) is 25.5 Å². The highest BCUT2D eigenvalue weighted by molar-refractivity contribution is 5.93. The molecule has 2 aromatic heterocycles. The highest BCUT2D eigenvalue weighted by Crippen LogP contribution is 2.30. The van der Waals surface area contributed by atoms with Crippen molar-refractivity contribution in [3.8, 4) is 17.0 Å². The molecule has 1 N–H and O–H groups in total. The summed E-state index contributed by atoms with van der Waals surface area (Å²) in [7, 11) is 0.